The van der Waals surface area contributed by atoms with Gasteiger partial charge in [-0.1, -0.05) is 23.9 Å². The number of para-hydroxylation sites is 2. The lowest BCUT2D eigenvalue weighted by Crippen LogP contribution is -2.15. The molecule has 0 amide bonds. The summed E-state index contributed by atoms with van der Waals surface area (Å²) in [6.45, 7) is 3.03. The molecule has 1 atom stereocenters. The van der Waals surface area contributed by atoms with Crippen molar-refractivity contribution in [2.75, 3.05) is 24.7 Å². The molecule has 7 nitrogen and oxygen atoms in total. The number of nitrogens with zero attached hydrogens (tertiary/aromatic N) is 2. The molecule has 0 bridgehead atoms. The molecular weight excluding hydrogens is 410 g/mol. The van der Waals surface area contributed by atoms with E-state index in [2.05, 4.69) is 14.3 Å². The van der Waals surface area contributed by atoms with Crippen LogP contribution in [0.1, 0.15) is 17.3 Å². The Morgan fingerprint density at radius 2 is 1.90 bits per heavy atom. The van der Waals surface area contributed by atoms with Crippen molar-refractivity contribution in [2.45, 2.75) is 23.9 Å². The van der Waals surface area contributed by atoms with E-state index in [0.29, 0.717) is 24.4 Å². The quantitative estimate of drug-likeness (QED) is 0.411. The summed E-state index contributed by atoms with van der Waals surface area (Å²) >= 11 is 1.40. The minimum Gasteiger partial charge on any atom is -0.383 e. The van der Waals surface area contributed by atoms with Gasteiger partial charge >= 0.3 is 0 Å². The zero-order chi connectivity index (χ0) is 21.0. The van der Waals surface area contributed by atoms with Gasteiger partial charge in [-0.3, -0.25) is 9.52 Å². The first-order valence-electron chi connectivity index (χ1n) is 9.01. The van der Waals surface area contributed by atoms with Gasteiger partial charge in [0.05, 0.1) is 29.1 Å². The van der Waals surface area contributed by atoms with Gasteiger partial charge in [0.25, 0.3) is 0 Å². The van der Waals surface area contributed by atoms with E-state index in [0.717, 1.165) is 22.4 Å². The average molecular weight is 434 g/mol. The molecule has 1 unspecified atom stereocenters. The second-order valence-electron chi connectivity index (χ2n) is 6.60. The molecule has 154 valence electrons. The van der Waals surface area contributed by atoms with Crippen LogP contribution in [0.25, 0.3) is 11.0 Å². The Bertz CT molecular complexity index is 1110. The van der Waals surface area contributed by atoms with Crippen molar-refractivity contribution in [3.63, 3.8) is 0 Å². The van der Waals surface area contributed by atoms with Crippen molar-refractivity contribution in [1.29, 1.82) is 0 Å². The molecule has 0 radical (unpaired) electrons. The number of rotatable bonds is 9. The number of hydrogen-bond donors (Lipinski definition) is 1. The number of carbonyl (C=O) groups excluding carboxylic acids is 1. The SMILES string of the molecule is COCCn1c(SC(C)C(=O)c2ccc(NS(C)(=O)=O)cc2)nc2ccccc21. The van der Waals surface area contributed by atoms with E-state index in [1.54, 1.807) is 31.4 Å². The number of benzene rings is 2. The topological polar surface area (TPSA) is 90.3 Å². The third-order valence-corrected chi connectivity index (χ3v) is 5.96. The maximum Gasteiger partial charge on any atom is 0.229 e. The summed E-state index contributed by atoms with van der Waals surface area (Å²) in [6.07, 6.45) is 1.08. The van der Waals surface area contributed by atoms with E-state index in [9.17, 15) is 13.2 Å². The highest BCUT2D eigenvalue weighted by Crippen LogP contribution is 2.29. The summed E-state index contributed by atoms with van der Waals surface area (Å²) < 4.78 is 32.3. The first-order valence-corrected chi connectivity index (χ1v) is 11.8. The molecule has 0 saturated carbocycles. The highest BCUT2D eigenvalue weighted by Gasteiger charge is 2.20. The van der Waals surface area contributed by atoms with Crippen LogP contribution in [-0.4, -0.2) is 49.0 Å². The third-order valence-electron chi connectivity index (χ3n) is 4.26. The molecule has 0 fully saturated rings. The van der Waals surface area contributed by atoms with Crippen molar-refractivity contribution in [3.8, 4) is 0 Å². The number of methoxy groups -OCH3 is 1. The normalized spacial score (nSPS) is 12.8. The molecule has 3 rings (SSSR count). The Balaban J connectivity index is 1.79. The number of ether oxygens (including phenoxy) is 1. The summed E-state index contributed by atoms with van der Waals surface area (Å²) in [5.74, 6) is -0.0498. The van der Waals surface area contributed by atoms with E-state index < -0.39 is 10.0 Å². The zero-order valence-electron chi connectivity index (χ0n) is 16.5. The van der Waals surface area contributed by atoms with Crippen LogP contribution in [0.2, 0.25) is 0 Å². The van der Waals surface area contributed by atoms with Crippen molar-refractivity contribution >= 4 is 44.3 Å². The van der Waals surface area contributed by atoms with Gasteiger partial charge in [-0.2, -0.15) is 0 Å². The van der Waals surface area contributed by atoms with E-state index in [1.807, 2.05) is 31.2 Å². The third kappa shape index (κ3) is 5.37. The van der Waals surface area contributed by atoms with Crippen LogP contribution in [0, 0.1) is 0 Å². The minimum absolute atomic E-state index is 0.0498. The number of Topliss-reactive ketones (excluding diaryl/α,β-unsaturated/α-hetero) is 1. The van der Waals surface area contributed by atoms with Gasteiger partial charge in [0.15, 0.2) is 10.9 Å². The number of sulfonamides is 1. The monoisotopic (exact) mass is 433 g/mol. The van der Waals surface area contributed by atoms with Gasteiger partial charge in [0.2, 0.25) is 10.0 Å². The minimum atomic E-state index is -3.35. The van der Waals surface area contributed by atoms with E-state index in [-0.39, 0.29) is 11.0 Å². The molecule has 1 aromatic heterocycles. The van der Waals surface area contributed by atoms with Crippen LogP contribution >= 0.6 is 11.8 Å². The molecule has 0 aliphatic rings. The number of anilines is 1. The van der Waals surface area contributed by atoms with Crippen LogP contribution in [0.4, 0.5) is 5.69 Å². The largest absolute Gasteiger partial charge is 0.383 e. The number of ketones is 1. The summed E-state index contributed by atoms with van der Waals surface area (Å²) in [5.41, 5.74) is 2.82. The Kier molecular flexibility index (Phi) is 6.61. The van der Waals surface area contributed by atoms with Gasteiger partial charge in [0, 0.05) is 24.9 Å². The average Bonchev–Trinajstić information content (AvgIpc) is 3.02. The predicted molar refractivity (Wildman–Crippen MR) is 116 cm³/mol. The second-order valence-corrected chi connectivity index (χ2v) is 9.66. The number of aromatic nitrogens is 2. The number of carbonyl (C=O) groups is 1. The fraction of sp³-hybridized carbons (Fsp3) is 0.300. The highest BCUT2D eigenvalue weighted by molar-refractivity contribution is 8.00. The van der Waals surface area contributed by atoms with Crippen molar-refractivity contribution in [1.82, 2.24) is 9.55 Å². The van der Waals surface area contributed by atoms with E-state index >= 15 is 0 Å². The summed E-state index contributed by atoms with van der Waals surface area (Å²) in [4.78, 5) is 17.5. The molecule has 0 spiro atoms. The Morgan fingerprint density at radius 3 is 2.55 bits per heavy atom. The van der Waals surface area contributed by atoms with Gasteiger partial charge < -0.3 is 9.30 Å². The lowest BCUT2D eigenvalue weighted by molar-refractivity contribution is 0.0994. The van der Waals surface area contributed by atoms with Crippen LogP contribution < -0.4 is 4.72 Å². The molecule has 1 heterocycles. The number of nitrogens with one attached hydrogen (secondary N) is 1. The number of fused-ring (bicyclic) bond motifs is 1. The number of thioether (sulfide) groups is 1. The molecule has 0 saturated heterocycles. The molecule has 2 aromatic carbocycles. The lowest BCUT2D eigenvalue weighted by atomic mass is 10.1. The standard InChI is InChI=1S/C20H23N3O4S2/c1-14(19(24)15-8-10-16(11-9-15)22-29(3,25)26)28-20-21-17-6-4-5-7-18(17)23(20)12-13-27-2/h4-11,14,22H,12-13H2,1-3H3. The van der Waals surface area contributed by atoms with Crippen LogP contribution in [-0.2, 0) is 21.3 Å². The second kappa shape index (κ2) is 8.98. The number of imidazole rings is 1. The highest BCUT2D eigenvalue weighted by atomic mass is 32.2. The fourth-order valence-electron chi connectivity index (χ4n) is 2.90. The van der Waals surface area contributed by atoms with Crippen LogP contribution in [0.15, 0.2) is 53.7 Å². The summed E-state index contributed by atoms with van der Waals surface area (Å²) in [5, 5.41) is 0.404. The molecule has 3 aromatic rings. The zero-order valence-corrected chi connectivity index (χ0v) is 18.1. The predicted octanol–water partition coefficient (Wildman–Crippen LogP) is 3.42. The van der Waals surface area contributed by atoms with Crippen molar-refractivity contribution in [3.05, 3.63) is 54.1 Å². The lowest BCUT2D eigenvalue weighted by Gasteiger charge is -2.13. The molecule has 0 aliphatic heterocycles. The summed E-state index contributed by atoms with van der Waals surface area (Å²) in [7, 11) is -1.70. The molecule has 9 heteroatoms. The smallest absolute Gasteiger partial charge is 0.229 e. The first-order chi connectivity index (χ1) is 13.8. The Morgan fingerprint density at radius 1 is 1.21 bits per heavy atom. The molecule has 29 heavy (non-hydrogen) atoms. The van der Waals surface area contributed by atoms with Gasteiger partial charge in [-0.15, -0.1) is 0 Å². The van der Waals surface area contributed by atoms with Gasteiger partial charge in [0.1, 0.15) is 0 Å². The Labute approximate surface area is 174 Å². The van der Waals surface area contributed by atoms with Crippen molar-refractivity contribution in [2.24, 2.45) is 0 Å². The molecular formula is C20H23N3O4S2. The van der Waals surface area contributed by atoms with Crippen LogP contribution in [0.5, 0.6) is 0 Å². The first kappa shape index (κ1) is 21.4. The molecule has 0 aliphatic carbocycles. The number of hydrogen-bond acceptors (Lipinski definition) is 6. The van der Waals surface area contributed by atoms with E-state index in [1.165, 1.54) is 11.8 Å². The van der Waals surface area contributed by atoms with Crippen molar-refractivity contribution < 1.29 is 17.9 Å². The fourth-order valence-corrected chi connectivity index (χ4v) is 4.50. The van der Waals surface area contributed by atoms with Crippen LogP contribution in [0.3, 0.4) is 0 Å². The Hall–Kier alpha value is -2.36. The molecule has 1 N–H and O–H groups in total. The van der Waals surface area contributed by atoms with E-state index in [4.69, 9.17) is 4.74 Å². The maximum atomic E-state index is 12.9. The van der Waals surface area contributed by atoms with Gasteiger partial charge in [-0.25, -0.2) is 13.4 Å². The summed E-state index contributed by atoms with van der Waals surface area (Å²) in [6, 6.07) is 14.3. The maximum absolute atomic E-state index is 12.9. The van der Waals surface area contributed by atoms with Gasteiger partial charge in [-0.05, 0) is 43.3 Å².